The van der Waals surface area contributed by atoms with E-state index in [-0.39, 0.29) is 11.8 Å². The van der Waals surface area contributed by atoms with Crippen molar-refractivity contribution in [1.82, 2.24) is 9.80 Å². The summed E-state index contributed by atoms with van der Waals surface area (Å²) in [6, 6.07) is 0. The molecule has 0 radical (unpaired) electrons. The normalized spacial score (nSPS) is 18.9. The Hall–Kier alpha value is -0.770. The Morgan fingerprint density at radius 3 is 2.07 bits per heavy atom. The quantitative estimate of drug-likeness (QED) is 0.658. The van der Waals surface area contributed by atoms with Gasteiger partial charge in [-0.05, 0) is 6.92 Å². The molecule has 0 bridgehead atoms. The number of carbonyl (C=O) groups is 2. The number of carbonyl (C=O) groups excluding carboxylic acids is 2. The van der Waals surface area contributed by atoms with Gasteiger partial charge in [-0.15, -0.1) is 11.6 Å². The first-order valence-corrected chi connectivity index (χ1v) is 5.70. The summed E-state index contributed by atoms with van der Waals surface area (Å²) in [6.45, 7) is 5.97. The molecule has 1 aliphatic heterocycles. The lowest BCUT2D eigenvalue weighted by Gasteiger charge is -2.35. The van der Waals surface area contributed by atoms with E-state index in [1.54, 1.807) is 16.7 Å². The number of hydrogen-bond donors (Lipinski definition) is 0. The SMILES string of the molecule is CCC(=O)N1CCN(C(=O)C(C)Cl)CC1. The molecule has 1 atom stereocenters. The van der Waals surface area contributed by atoms with Crippen LogP contribution in [0.25, 0.3) is 0 Å². The van der Waals surface area contributed by atoms with Crippen LogP contribution in [0.1, 0.15) is 20.3 Å². The largest absolute Gasteiger partial charge is 0.339 e. The van der Waals surface area contributed by atoms with Crippen molar-refractivity contribution in [3.05, 3.63) is 0 Å². The van der Waals surface area contributed by atoms with Crippen molar-refractivity contribution in [2.24, 2.45) is 0 Å². The molecule has 1 aliphatic rings. The third-order valence-electron chi connectivity index (χ3n) is 2.59. The van der Waals surface area contributed by atoms with Crippen LogP contribution in [0.3, 0.4) is 0 Å². The molecule has 1 heterocycles. The highest BCUT2D eigenvalue weighted by Gasteiger charge is 2.25. The zero-order valence-electron chi connectivity index (χ0n) is 9.20. The van der Waals surface area contributed by atoms with Gasteiger partial charge in [-0.2, -0.15) is 0 Å². The third kappa shape index (κ3) is 3.09. The Balaban J connectivity index is 2.42. The van der Waals surface area contributed by atoms with Crippen molar-refractivity contribution < 1.29 is 9.59 Å². The van der Waals surface area contributed by atoms with Crippen molar-refractivity contribution in [1.29, 1.82) is 0 Å². The summed E-state index contributed by atoms with van der Waals surface area (Å²) in [7, 11) is 0. The molecular weight excluding hydrogens is 216 g/mol. The summed E-state index contributed by atoms with van der Waals surface area (Å²) in [5, 5.41) is -0.474. The average molecular weight is 233 g/mol. The Kier molecular flexibility index (Phi) is 4.39. The highest BCUT2D eigenvalue weighted by atomic mass is 35.5. The first kappa shape index (κ1) is 12.3. The summed E-state index contributed by atoms with van der Waals surface area (Å²) in [5.74, 6) is 0.112. The van der Waals surface area contributed by atoms with Gasteiger partial charge in [0.15, 0.2) is 0 Å². The molecule has 5 heteroatoms. The zero-order valence-corrected chi connectivity index (χ0v) is 9.96. The van der Waals surface area contributed by atoms with Gasteiger partial charge in [-0.25, -0.2) is 0 Å². The Labute approximate surface area is 95.2 Å². The van der Waals surface area contributed by atoms with E-state index >= 15 is 0 Å². The molecule has 2 amide bonds. The fourth-order valence-electron chi connectivity index (χ4n) is 1.65. The molecule has 1 rings (SSSR count). The molecule has 86 valence electrons. The van der Waals surface area contributed by atoms with E-state index in [0.29, 0.717) is 32.6 Å². The molecule has 0 aromatic rings. The lowest BCUT2D eigenvalue weighted by atomic mass is 10.2. The van der Waals surface area contributed by atoms with E-state index in [1.165, 1.54) is 0 Å². The second-order valence-electron chi connectivity index (χ2n) is 3.68. The van der Waals surface area contributed by atoms with Crippen LogP contribution >= 0.6 is 11.6 Å². The van der Waals surface area contributed by atoms with Crippen molar-refractivity contribution in [3.8, 4) is 0 Å². The van der Waals surface area contributed by atoms with Crippen LogP contribution in [0.5, 0.6) is 0 Å². The topological polar surface area (TPSA) is 40.6 Å². The molecule has 0 spiro atoms. The van der Waals surface area contributed by atoms with E-state index in [2.05, 4.69) is 0 Å². The van der Waals surface area contributed by atoms with Crippen LogP contribution in [0, 0.1) is 0 Å². The van der Waals surface area contributed by atoms with Crippen LogP contribution in [0.15, 0.2) is 0 Å². The van der Waals surface area contributed by atoms with Gasteiger partial charge in [0.05, 0.1) is 0 Å². The zero-order chi connectivity index (χ0) is 11.4. The number of hydrogen-bond acceptors (Lipinski definition) is 2. The van der Waals surface area contributed by atoms with E-state index in [0.717, 1.165) is 0 Å². The van der Waals surface area contributed by atoms with E-state index in [4.69, 9.17) is 11.6 Å². The second kappa shape index (κ2) is 5.35. The molecule has 0 N–H and O–H groups in total. The van der Waals surface area contributed by atoms with Gasteiger partial charge in [0.25, 0.3) is 0 Å². The van der Waals surface area contributed by atoms with Gasteiger partial charge in [-0.3, -0.25) is 9.59 Å². The van der Waals surface area contributed by atoms with Crippen molar-refractivity contribution >= 4 is 23.4 Å². The maximum Gasteiger partial charge on any atom is 0.240 e. The van der Waals surface area contributed by atoms with Crippen LogP contribution in [-0.4, -0.2) is 53.2 Å². The predicted octanol–water partition coefficient (Wildman–Crippen LogP) is 0.694. The highest BCUT2D eigenvalue weighted by molar-refractivity contribution is 6.30. The monoisotopic (exact) mass is 232 g/mol. The first-order valence-electron chi connectivity index (χ1n) is 5.27. The minimum absolute atomic E-state index is 0.0414. The number of nitrogens with zero attached hydrogens (tertiary/aromatic N) is 2. The number of amides is 2. The molecule has 1 saturated heterocycles. The average Bonchev–Trinajstić information content (AvgIpc) is 2.27. The molecule has 1 unspecified atom stereocenters. The molecule has 0 aromatic carbocycles. The molecule has 0 aliphatic carbocycles. The Morgan fingerprint density at radius 1 is 1.20 bits per heavy atom. The van der Waals surface area contributed by atoms with Gasteiger partial charge < -0.3 is 9.80 Å². The highest BCUT2D eigenvalue weighted by Crippen LogP contribution is 2.07. The smallest absolute Gasteiger partial charge is 0.240 e. The van der Waals surface area contributed by atoms with Gasteiger partial charge in [0.1, 0.15) is 5.38 Å². The second-order valence-corrected chi connectivity index (χ2v) is 4.33. The Morgan fingerprint density at radius 2 is 1.67 bits per heavy atom. The fourth-order valence-corrected chi connectivity index (χ4v) is 1.79. The van der Waals surface area contributed by atoms with Crippen LogP contribution in [-0.2, 0) is 9.59 Å². The number of piperazine rings is 1. The van der Waals surface area contributed by atoms with Crippen molar-refractivity contribution in [2.45, 2.75) is 25.6 Å². The molecule has 0 saturated carbocycles. The summed E-state index contributed by atoms with van der Waals surface area (Å²) >= 11 is 5.72. The molecule has 1 fully saturated rings. The number of rotatable bonds is 2. The van der Waals surface area contributed by atoms with Crippen LogP contribution in [0.4, 0.5) is 0 Å². The standard InChI is InChI=1S/C10H17ClN2O2/c1-3-9(14)12-4-6-13(7-5-12)10(15)8(2)11/h8H,3-7H2,1-2H3. The summed E-state index contributed by atoms with van der Waals surface area (Å²) < 4.78 is 0. The lowest BCUT2D eigenvalue weighted by Crippen LogP contribution is -2.51. The van der Waals surface area contributed by atoms with Gasteiger partial charge in [-0.1, -0.05) is 6.92 Å². The summed E-state index contributed by atoms with van der Waals surface area (Å²) in [6.07, 6.45) is 0.528. The van der Waals surface area contributed by atoms with Crippen LogP contribution < -0.4 is 0 Å². The summed E-state index contributed by atoms with van der Waals surface area (Å²) in [4.78, 5) is 26.4. The molecule has 4 nitrogen and oxygen atoms in total. The van der Waals surface area contributed by atoms with E-state index < -0.39 is 5.38 Å². The minimum atomic E-state index is -0.474. The maximum absolute atomic E-state index is 11.5. The first-order chi connectivity index (χ1) is 7.06. The summed E-state index contributed by atoms with van der Waals surface area (Å²) in [5.41, 5.74) is 0. The van der Waals surface area contributed by atoms with Gasteiger partial charge in [0, 0.05) is 32.6 Å². The van der Waals surface area contributed by atoms with E-state index in [1.807, 2.05) is 6.92 Å². The Bertz CT molecular complexity index is 248. The van der Waals surface area contributed by atoms with Gasteiger partial charge >= 0.3 is 0 Å². The molecule has 15 heavy (non-hydrogen) atoms. The maximum atomic E-state index is 11.5. The third-order valence-corrected chi connectivity index (χ3v) is 2.77. The lowest BCUT2D eigenvalue weighted by molar-refractivity contribution is -0.139. The fraction of sp³-hybridized carbons (Fsp3) is 0.800. The molecular formula is C10H17ClN2O2. The van der Waals surface area contributed by atoms with Gasteiger partial charge in [0.2, 0.25) is 11.8 Å². The van der Waals surface area contributed by atoms with E-state index in [9.17, 15) is 9.59 Å². The molecule has 0 aromatic heterocycles. The van der Waals surface area contributed by atoms with Crippen molar-refractivity contribution in [2.75, 3.05) is 26.2 Å². The number of halogens is 1. The minimum Gasteiger partial charge on any atom is -0.339 e. The predicted molar refractivity (Wildman–Crippen MR) is 58.8 cm³/mol. The van der Waals surface area contributed by atoms with Crippen molar-refractivity contribution in [3.63, 3.8) is 0 Å². The van der Waals surface area contributed by atoms with Crippen LogP contribution in [0.2, 0.25) is 0 Å². The number of alkyl halides is 1.